The van der Waals surface area contributed by atoms with Gasteiger partial charge in [-0.3, -0.25) is 0 Å². The molecule has 0 aliphatic rings. The number of benzene rings is 3. The van der Waals surface area contributed by atoms with Crippen LogP contribution >= 0.6 is 0 Å². The number of rotatable bonds is 1. The number of hydrogen-bond donors (Lipinski definition) is 2. The molecule has 112 valence electrons. The minimum atomic E-state index is -1.39. The maximum atomic E-state index is 11.1. The van der Waals surface area contributed by atoms with E-state index in [-0.39, 0.29) is 11.5 Å². The fourth-order valence-electron chi connectivity index (χ4n) is 2.78. The van der Waals surface area contributed by atoms with Crippen molar-refractivity contribution in [1.29, 1.82) is 0 Å². The molecule has 1 aromatic heterocycles. The largest absolute Gasteiger partial charge is 0.511 e. The SMILES string of the molecule is O=C(O)Oc1c2ccc(O)cc2nc2cc3ccccc3cc12. The molecule has 3 aromatic carbocycles. The Labute approximate surface area is 130 Å². The molecular formula is C18H11NO4. The Morgan fingerprint density at radius 2 is 1.61 bits per heavy atom. The molecule has 5 nitrogen and oxygen atoms in total. The molecule has 4 rings (SSSR count). The van der Waals surface area contributed by atoms with E-state index in [4.69, 9.17) is 9.84 Å². The Morgan fingerprint density at radius 1 is 0.913 bits per heavy atom. The molecule has 0 aliphatic carbocycles. The van der Waals surface area contributed by atoms with Crippen LogP contribution in [-0.2, 0) is 0 Å². The van der Waals surface area contributed by atoms with Crippen LogP contribution in [0.3, 0.4) is 0 Å². The predicted octanol–water partition coefficient (Wildman–Crippen LogP) is 4.30. The average molecular weight is 305 g/mol. The molecule has 2 N–H and O–H groups in total. The fourth-order valence-corrected chi connectivity index (χ4v) is 2.78. The van der Waals surface area contributed by atoms with E-state index in [0.717, 1.165) is 10.8 Å². The van der Waals surface area contributed by atoms with Crippen LogP contribution in [0.25, 0.3) is 32.6 Å². The minimum Gasteiger partial charge on any atom is -0.508 e. The molecule has 0 radical (unpaired) electrons. The van der Waals surface area contributed by atoms with E-state index in [2.05, 4.69) is 4.98 Å². The van der Waals surface area contributed by atoms with Gasteiger partial charge in [0.1, 0.15) is 5.75 Å². The summed E-state index contributed by atoms with van der Waals surface area (Å²) in [6.45, 7) is 0. The van der Waals surface area contributed by atoms with Crippen molar-refractivity contribution in [2.24, 2.45) is 0 Å². The maximum absolute atomic E-state index is 11.1. The van der Waals surface area contributed by atoms with Gasteiger partial charge >= 0.3 is 6.16 Å². The van der Waals surface area contributed by atoms with Gasteiger partial charge in [-0.05, 0) is 35.0 Å². The van der Waals surface area contributed by atoms with E-state index in [1.807, 2.05) is 36.4 Å². The molecule has 5 heteroatoms. The van der Waals surface area contributed by atoms with Crippen LogP contribution < -0.4 is 4.74 Å². The Morgan fingerprint density at radius 3 is 2.35 bits per heavy atom. The number of carbonyl (C=O) groups is 1. The van der Waals surface area contributed by atoms with Crippen LogP contribution in [0.1, 0.15) is 0 Å². The molecule has 0 atom stereocenters. The summed E-state index contributed by atoms with van der Waals surface area (Å²) in [6, 6.07) is 16.1. The van der Waals surface area contributed by atoms with Gasteiger partial charge in [-0.2, -0.15) is 0 Å². The molecule has 0 bridgehead atoms. The first-order valence-corrected chi connectivity index (χ1v) is 6.98. The fraction of sp³-hybridized carbons (Fsp3) is 0. The number of aromatic hydroxyl groups is 1. The van der Waals surface area contributed by atoms with Gasteiger partial charge in [-0.25, -0.2) is 9.78 Å². The number of ether oxygens (including phenoxy) is 1. The third-order valence-electron chi connectivity index (χ3n) is 3.76. The van der Waals surface area contributed by atoms with E-state index in [0.29, 0.717) is 21.8 Å². The summed E-state index contributed by atoms with van der Waals surface area (Å²) in [4.78, 5) is 15.6. The summed E-state index contributed by atoms with van der Waals surface area (Å²) < 4.78 is 5.02. The molecule has 0 amide bonds. The highest BCUT2D eigenvalue weighted by Crippen LogP contribution is 2.36. The van der Waals surface area contributed by atoms with Crippen LogP contribution in [0, 0.1) is 0 Å². The molecule has 0 saturated heterocycles. The zero-order chi connectivity index (χ0) is 16.0. The lowest BCUT2D eigenvalue weighted by Gasteiger charge is -2.10. The van der Waals surface area contributed by atoms with Gasteiger partial charge in [-0.15, -0.1) is 0 Å². The maximum Gasteiger partial charge on any atom is 0.511 e. The number of aromatic nitrogens is 1. The number of pyridine rings is 1. The summed E-state index contributed by atoms with van der Waals surface area (Å²) in [7, 11) is 0. The normalized spacial score (nSPS) is 11.1. The highest BCUT2D eigenvalue weighted by Gasteiger charge is 2.14. The first-order valence-electron chi connectivity index (χ1n) is 6.98. The second-order valence-corrected chi connectivity index (χ2v) is 5.23. The first-order chi connectivity index (χ1) is 11.1. The lowest BCUT2D eigenvalue weighted by atomic mass is 10.0. The van der Waals surface area contributed by atoms with Gasteiger partial charge in [0.2, 0.25) is 0 Å². The predicted molar refractivity (Wildman–Crippen MR) is 87.1 cm³/mol. The van der Waals surface area contributed by atoms with Crippen molar-refractivity contribution in [2.75, 3.05) is 0 Å². The summed E-state index contributed by atoms with van der Waals surface area (Å²) in [5.41, 5.74) is 1.09. The molecule has 23 heavy (non-hydrogen) atoms. The summed E-state index contributed by atoms with van der Waals surface area (Å²) in [5, 5.41) is 21.8. The topological polar surface area (TPSA) is 79.7 Å². The molecule has 4 aromatic rings. The zero-order valence-corrected chi connectivity index (χ0v) is 11.9. The first kappa shape index (κ1) is 13.3. The standard InChI is InChI=1S/C18H11NO4/c20-12-5-6-13-16(9-12)19-15-8-11-4-2-1-3-10(11)7-14(15)17(13)23-18(21)22/h1-9,20H,(H,21,22). The van der Waals surface area contributed by atoms with Crippen molar-refractivity contribution in [3.05, 3.63) is 54.6 Å². The monoisotopic (exact) mass is 305 g/mol. The smallest absolute Gasteiger partial charge is 0.508 e. The van der Waals surface area contributed by atoms with Gasteiger partial charge in [0, 0.05) is 16.8 Å². The molecule has 0 spiro atoms. The molecule has 1 heterocycles. The lowest BCUT2D eigenvalue weighted by molar-refractivity contribution is 0.145. The number of phenols is 1. The van der Waals surface area contributed by atoms with Gasteiger partial charge < -0.3 is 14.9 Å². The Balaban J connectivity index is 2.18. The second kappa shape index (κ2) is 4.84. The Hall–Kier alpha value is -3.34. The van der Waals surface area contributed by atoms with Crippen LogP contribution in [0.2, 0.25) is 0 Å². The van der Waals surface area contributed by atoms with Crippen LogP contribution in [-0.4, -0.2) is 21.4 Å². The van der Waals surface area contributed by atoms with Crippen LogP contribution in [0.5, 0.6) is 11.5 Å². The summed E-state index contributed by atoms with van der Waals surface area (Å²) in [5.74, 6) is 0.287. The number of fused-ring (bicyclic) bond motifs is 3. The molecule has 0 fully saturated rings. The molecular weight excluding hydrogens is 294 g/mol. The van der Waals surface area contributed by atoms with Crippen molar-refractivity contribution >= 4 is 38.7 Å². The summed E-state index contributed by atoms with van der Waals surface area (Å²) >= 11 is 0. The Bertz CT molecular complexity index is 1090. The number of hydrogen-bond acceptors (Lipinski definition) is 4. The summed E-state index contributed by atoms with van der Waals surface area (Å²) in [6.07, 6.45) is -1.39. The average Bonchev–Trinajstić information content (AvgIpc) is 2.52. The minimum absolute atomic E-state index is 0.0615. The highest BCUT2D eigenvalue weighted by molar-refractivity contribution is 6.07. The third-order valence-corrected chi connectivity index (χ3v) is 3.76. The van der Waals surface area contributed by atoms with Gasteiger partial charge in [0.15, 0.2) is 5.75 Å². The number of phenolic OH excluding ortho intramolecular Hbond substituents is 1. The lowest BCUT2D eigenvalue weighted by Crippen LogP contribution is -2.04. The second-order valence-electron chi connectivity index (χ2n) is 5.23. The highest BCUT2D eigenvalue weighted by atomic mass is 16.7. The zero-order valence-electron chi connectivity index (χ0n) is 11.9. The Kier molecular flexibility index (Phi) is 2.81. The van der Waals surface area contributed by atoms with Gasteiger partial charge in [-0.1, -0.05) is 24.3 Å². The van der Waals surface area contributed by atoms with Crippen molar-refractivity contribution in [2.45, 2.75) is 0 Å². The van der Waals surface area contributed by atoms with Crippen molar-refractivity contribution < 1.29 is 19.7 Å². The van der Waals surface area contributed by atoms with Crippen molar-refractivity contribution in [3.8, 4) is 11.5 Å². The van der Waals surface area contributed by atoms with E-state index in [1.165, 1.54) is 12.1 Å². The van der Waals surface area contributed by atoms with E-state index < -0.39 is 6.16 Å². The third kappa shape index (κ3) is 2.19. The van der Waals surface area contributed by atoms with E-state index >= 15 is 0 Å². The van der Waals surface area contributed by atoms with E-state index in [9.17, 15) is 9.90 Å². The van der Waals surface area contributed by atoms with Gasteiger partial charge in [0.05, 0.1) is 11.0 Å². The van der Waals surface area contributed by atoms with Crippen molar-refractivity contribution in [3.63, 3.8) is 0 Å². The molecule has 0 aliphatic heterocycles. The quantitative estimate of drug-likeness (QED) is 0.405. The van der Waals surface area contributed by atoms with Crippen LogP contribution in [0.15, 0.2) is 54.6 Å². The van der Waals surface area contributed by atoms with E-state index in [1.54, 1.807) is 6.07 Å². The number of carboxylic acid groups (broad SMARTS) is 1. The molecule has 0 saturated carbocycles. The number of nitrogens with zero attached hydrogens (tertiary/aromatic N) is 1. The van der Waals surface area contributed by atoms with Crippen molar-refractivity contribution in [1.82, 2.24) is 4.98 Å². The molecule has 0 unspecified atom stereocenters. The van der Waals surface area contributed by atoms with Crippen LogP contribution in [0.4, 0.5) is 4.79 Å². The van der Waals surface area contributed by atoms with Gasteiger partial charge in [0.25, 0.3) is 0 Å².